The second-order valence-corrected chi connectivity index (χ2v) is 7.20. The molecule has 1 unspecified atom stereocenters. The summed E-state index contributed by atoms with van der Waals surface area (Å²) in [6.45, 7) is 1.38. The number of hydrogen-bond acceptors (Lipinski definition) is 8. The second-order valence-electron chi connectivity index (χ2n) is 6.79. The maximum atomic E-state index is 12.8. The minimum absolute atomic E-state index is 0.0177. The molecule has 1 aliphatic heterocycles. The molecule has 0 bridgehead atoms. The van der Waals surface area contributed by atoms with E-state index < -0.39 is 11.0 Å². The Morgan fingerprint density at radius 1 is 1.32 bits per heavy atom. The van der Waals surface area contributed by atoms with Crippen LogP contribution in [0, 0.1) is 10.1 Å². The average Bonchev–Trinajstić information content (AvgIpc) is 3.28. The molecule has 0 radical (unpaired) electrons. The maximum Gasteiger partial charge on any atom is 0.288 e. The van der Waals surface area contributed by atoms with Gasteiger partial charge in [-0.2, -0.15) is 4.98 Å². The van der Waals surface area contributed by atoms with Crippen LogP contribution in [-0.4, -0.2) is 52.1 Å². The van der Waals surface area contributed by atoms with Gasteiger partial charge >= 0.3 is 0 Å². The van der Waals surface area contributed by atoms with Gasteiger partial charge in [-0.25, -0.2) is 0 Å². The summed E-state index contributed by atoms with van der Waals surface area (Å²) in [5.41, 5.74) is 0.139. The molecule has 11 heteroatoms. The molecule has 1 atom stereocenters. The molecule has 2 aromatic carbocycles. The van der Waals surface area contributed by atoms with Gasteiger partial charge in [0, 0.05) is 31.3 Å². The third kappa shape index (κ3) is 4.65. The number of benzene rings is 2. The van der Waals surface area contributed by atoms with Crippen molar-refractivity contribution in [1.82, 2.24) is 20.4 Å². The number of para-hydroxylation sites is 1. The zero-order valence-corrected chi connectivity index (χ0v) is 17.0. The van der Waals surface area contributed by atoms with Crippen molar-refractivity contribution in [2.75, 3.05) is 26.2 Å². The van der Waals surface area contributed by atoms with Crippen molar-refractivity contribution < 1.29 is 19.0 Å². The Kier molecular flexibility index (Phi) is 6.10. The number of nitro groups is 1. The van der Waals surface area contributed by atoms with E-state index in [1.807, 2.05) is 18.2 Å². The van der Waals surface area contributed by atoms with Crippen molar-refractivity contribution in [2.45, 2.75) is 6.04 Å². The summed E-state index contributed by atoms with van der Waals surface area (Å²) in [5.74, 6) is 0.797. The number of halogens is 1. The van der Waals surface area contributed by atoms with E-state index >= 15 is 0 Å². The zero-order chi connectivity index (χ0) is 21.8. The lowest BCUT2D eigenvalue weighted by molar-refractivity contribution is -0.384. The van der Waals surface area contributed by atoms with Gasteiger partial charge in [0.25, 0.3) is 17.5 Å². The monoisotopic (exact) mass is 443 g/mol. The Hall–Kier alpha value is -3.50. The highest BCUT2D eigenvalue weighted by Crippen LogP contribution is 2.30. The van der Waals surface area contributed by atoms with Crippen LogP contribution < -0.4 is 10.1 Å². The van der Waals surface area contributed by atoms with Gasteiger partial charge < -0.3 is 19.5 Å². The van der Waals surface area contributed by atoms with E-state index in [9.17, 15) is 14.9 Å². The fourth-order valence-electron chi connectivity index (χ4n) is 3.25. The SMILES string of the molecule is O=C(COc1ccccc1)N1CCNCC1c1nc(-c2ccc(Cl)c([N+](=O)[O-])c2)no1. The number of nitrogens with zero attached hydrogens (tertiary/aromatic N) is 4. The van der Waals surface area contributed by atoms with Crippen LogP contribution in [-0.2, 0) is 4.79 Å². The van der Waals surface area contributed by atoms with E-state index in [1.165, 1.54) is 12.1 Å². The highest BCUT2D eigenvalue weighted by molar-refractivity contribution is 6.32. The van der Waals surface area contributed by atoms with E-state index in [1.54, 1.807) is 23.1 Å². The molecule has 0 aliphatic carbocycles. The molecule has 0 spiro atoms. The summed E-state index contributed by atoms with van der Waals surface area (Å²) in [5, 5.41) is 18.3. The van der Waals surface area contributed by atoms with E-state index in [-0.39, 0.29) is 34.9 Å². The fraction of sp³-hybridized carbons (Fsp3) is 0.250. The number of amides is 1. The molecule has 4 rings (SSSR count). The lowest BCUT2D eigenvalue weighted by atomic mass is 10.1. The van der Waals surface area contributed by atoms with Crippen LogP contribution in [0.25, 0.3) is 11.4 Å². The predicted molar refractivity (Wildman–Crippen MR) is 111 cm³/mol. The van der Waals surface area contributed by atoms with Gasteiger partial charge in [0.05, 0.1) is 4.92 Å². The van der Waals surface area contributed by atoms with Crippen LogP contribution in [0.1, 0.15) is 11.9 Å². The number of hydrogen-bond donors (Lipinski definition) is 1. The van der Waals surface area contributed by atoms with Crippen molar-refractivity contribution in [3.8, 4) is 17.1 Å². The van der Waals surface area contributed by atoms with Crippen molar-refractivity contribution in [2.24, 2.45) is 0 Å². The Morgan fingerprint density at radius 2 is 2.13 bits per heavy atom. The molecular formula is C20H18ClN5O5. The van der Waals surface area contributed by atoms with Crippen LogP contribution in [0.4, 0.5) is 5.69 Å². The van der Waals surface area contributed by atoms with Crippen molar-refractivity contribution >= 4 is 23.2 Å². The van der Waals surface area contributed by atoms with Gasteiger partial charge in [0.2, 0.25) is 5.82 Å². The number of ether oxygens (including phenoxy) is 1. The summed E-state index contributed by atoms with van der Waals surface area (Å²) in [6, 6.07) is 12.9. The molecular weight excluding hydrogens is 426 g/mol. The summed E-state index contributed by atoms with van der Waals surface area (Å²) in [6.07, 6.45) is 0. The highest BCUT2D eigenvalue weighted by Gasteiger charge is 2.32. The molecule has 31 heavy (non-hydrogen) atoms. The number of rotatable bonds is 6. The second kappa shape index (κ2) is 9.11. The molecule has 1 N–H and O–H groups in total. The standard InChI is InChI=1S/C20H18ClN5O5/c21-15-7-6-13(10-16(15)26(28)29)19-23-20(31-24-19)17-11-22-8-9-25(17)18(27)12-30-14-4-2-1-3-5-14/h1-7,10,17,22H,8-9,11-12H2. The molecule has 10 nitrogen and oxygen atoms in total. The summed E-state index contributed by atoms with van der Waals surface area (Å²) < 4.78 is 11.0. The molecule has 0 saturated carbocycles. The third-order valence-corrected chi connectivity index (χ3v) is 5.12. The first-order valence-corrected chi connectivity index (χ1v) is 9.86. The van der Waals surface area contributed by atoms with Gasteiger partial charge in [-0.1, -0.05) is 35.0 Å². The topological polar surface area (TPSA) is 124 Å². The Labute approximate surface area is 181 Å². The van der Waals surface area contributed by atoms with E-state index in [0.29, 0.717) is 30.9 Å². The van der Waals surface area contributed by atoms with E-state index in [2.05, 4.69) is 15.5 Å². The van der Waals surface area contributed by atoms with Crippen molar-refractivity contribution in [3.63, 3.8) is 0 Å². The lowest BCUT2D eigenvalue weighted by Crippen LogP contribution is -2.50. The lowest BCUT2D eigenvalue weighted by Gasteiger charge is -2.33. The normalized spacial score (nSPS) is 16.2. The quantitative estimate of drug-likeness (QED) is 0.455. The van der Waals surface area contributed by atoms with Crippen LogP contribution >= 0.6 is 11.6 Å². The number of piperazine rings is 1. The summed E-state index contributed by atoms with van der Waals surface area (Å²) in [7, 11) is 0. The molecule has 1 fully saturated rings. The van der Waals surface area contributed by atoms with Gasteiger partial charge in [-0.15, -0.1) is 0 Å². The predicted octanol–water partition coefficient (Wildman–Crippen LogP) is 2.85. The first kappa shape index (κ1) is 20.8. The Balaban J connectivity index is 1.51. The number of aromatic nitrogens is 2. The first-order chi connectivity index (χ1) is 15.0. The number of nitrogens with one attached hydrogen (secondary N) is 1. The third-order valence-electron chi connectivity index (χ3n) is 4.80. The molecule has 1 aliphatic rings. The zero-order valence-electron chi connectivity index (χ0n) is 16.2. The van der Waals surface area contributed by atoms with E-state index in [4.69, 9.17) is 20.9 Å². The molecule has 2 heterocycles. The largest absolute Gasteiger partial charge is 0.484 e. The number of nitro benzene ring substituents is 1. The van der Waals surface area contributed by atoms with Crippen LogP contribution in [0.2, 0.25) is 5.02 Å². The minimum Gasteiger partial charge on any atom is -0.484 e. The smallest absolute Gasteiger partial charge is 0.288 e. The molecule has 3 aromatic rings. The summed E-state index contributed by atoms with van der Waals surface area (Å²) >= 11 is 5.86. The first-order valence-electron chi connectivity index (χ1n) is 9.49. The highest BCUT2D eigenvalue weighted by atomic mass is 35.5. The Morgan fingerprint density at radius 3 is 2.90 bits per heavy atom. The summed E-state index contributed by atoms with van der Waals surface area (Å²) in [4.78, 5) is 29.3. The molecule has 1 saturated heterocycles. The van der Waals surface area contributed by atoms with Gasteiger partial charge in [0.1, 0.15) is 16.8 Å². The van der Waals surface area contributed by atoms with Gasteiger partial charge in [-0.05, 0) is 24.3 Å². The van der Waals surface area contributed by atoms with Crippen LogP contribution in [0.15, 0.2) is 53.1 Å². The van der Waals surface area contributed by atoms with Crippen LogP contribution in [0.5, 0.6) is 5.75 Å². The van der Waals surface area contributed by atoms with Crippen molar-refractivity contribution in [1.29, 1.82) is 0 Å². The average molecular weight is 444 g/mol. The van der Waals surface area contributed by atoms with Crippen molar-refractivity contribution in [3.05, 3.63) is 69.6 Å². The minimum atomic E-state index is -0.578. The fourth-order valence-corrected chi connectivity index (χ4v) is 3.43. The number of carbonyl (C=O) groups is 1. The van der Waals surface area contributed by atoms with E-state index in [0.717, 1.165) is 0 Å². The molecule has 1 amide bonds. The number of carbonyl (C=O) groups excluding carboxylic acids is 1. The van der Waals surface area contributed by atoms with Gasteiger partial charge in [-0.3, -0.25) is 14.9 Å². The maximum absolute atomic E-state index is 12.8. The van der Waals surface area contributed by atoms with Gasteiger partial charge in [0.15, 0.2) is 6.61 Å². The molecule has 1 aromatic heterocycles. The van der Waals surface area contributed by atoms with Crippen LogP contribution in [0.3, 0.4) is 0 Å². The Bertz CT molecular complexity index is 1090. The molecule has 160 valence electrons.